The minimum Gasteiger partial charge on any atom is -0.489 e. The lowest BCUT2D eigenvalue weighted by Crippen LogP contribution is -2.20. The van der Waals surface area contributed by atoms with Crippen molar-refractivity contribution < 1.29 is 4.74 Å². The quantitative estimate of drug-likeness (QED) is 0.475. The highest BCUT2D eigenvalue weighted by Crippen LogP contribution is 2.22. The summed E-state index contributed by atoms with van der Waals surface area (Å²) in [6, 6.07) is 21.9. The summed E-state index contributed by atoms with van der Waals surface area (Å²) in [5, 5.41) is 12.2. The molecule has 2 aromatic carbocycles. The van der Waals surface area contributed by atoms with Crippen molar-refractivity contribution in [1.82, 2.24) is 4.98 Å². The monoisotopic (exact) mass is 373 g/mol. The second-order valence-corrected chi connectivity index (χ2v) is 6.73. The normalized spacial score (nSPS) is 10.7. The molecule has 4 heteroatoms. The van der Waals surface area contributed by atoms with Gasteiger partial charge in [0.2, 0.25) is 0 Å². The molecule has 0 atom stereocenters. The van der Waals surface area contributed by atoms with Gasteiger partial charge in [-0.3, -0.25) is 5.41 Å². The molecule has 0 fully saturated rings. The van der Waals surface area contributed by atoms with Crippen LogP contribution in [0.3, 0.4) is 0 Å². The maximum Gasteiger partial charge on any atom is 0.135 e. The molecule has 0 aliphatic carbocycles. The Hall–Kier alpha value is -3.14. The molecule has 0 spiro atoms. The highest BCUT2D eigenvalue weighted by Gasteiger charge is 2.14. The van der Waals surface area contributed by atoms with Gasteiger partial charge in [-0.25, -0.2) is 4.98 Å². The number of hydrogen-bond acceptors (Lipinski definition) is 4. The van der Waals surface area contributed by atoms with Gasteiger partial charge in [-0.15, -0.1) is 0 Å². The molecule has 0 bridgehead atoms. The molecule has 1 aromatic heterocycles. The molecular weight excluding hydrogens is 346 g/mol. The third-order valence-corrected chi connectivity index (χ3v) is 4.77. The standard InChI is InChI=1S/C24H27N3O/c1-3-20(4-2)27-24-22(14-9-15-26-24)23(25)19-12-8-13-21(16-19)28-17-18-10-6-5-7-11-18/h5-16,20,25H,3-4,17H2,1-2H3,(H,26,27). The topological polar surface area (TPSA) is 58.0 Å². The van der Waals surface area contributed by atoms with Gasteiger partial charge < -0.3 is 10.1 Å². The van der Waals surface area contributed by atoms with Gasteiger partial charge in [-0.05, 0) is 42.7 Å². The lowest BCUT2D eigenvalue weighted by Gasteiger charge is -2.18. The summed E-state index contributed by atoms with van der Waals surface area (Å²) in [7, 11) is 0. The van der Waals surface area contributed by atoms with Crippen molar-refractivity contribution in [3.63, 3.8) is 0 Å². The Morgan fingerprint density at radius 1 is 1.00 bits per heavy atom. The molecule has 0 radical (unpaired) electrons. The SMILES string of the molecule is CCC(CC)Nc1ncccc1C(=N)c1cccc(OCc2ccccc2)c1. The number of hydrogen-bond donors (Lipinski definition) is 2. The molecule has 4 nitrogen and oxygen atoms in total. The first-order chi connectivity index (χ1) is 13.7. The molecule has 28 heavy (non-hydrogen) atoms. The highest BCUT2D eigenvalue weighted by molar-refractivity contribution is 6.13. The number of pyridine rings is 1. The molecule has 1 heterocycles. The summed E-state index contributed by atoms with van der Waals surface area (Å²) >= 11 is 0. The molecule has 2 N–H and O–H groups in total. The van der Waals surface area contributed by atoms with Gasteiger partial charge >= 0.3 is 0 Å². The summed E-state index contributed by atoms with van der Waals surface area (Å²) in [5.41, 5.74) is 3.17. The molecule has 144 valence electrons. The summed E-state index contributed by atoms with van der Waals surface area (Å²) < 4.78 is 5.92. The van der Waals surface area contributed by atoms with Crippen molar-refractivity contribution in [2.75, 3.05) is 5.32 Å². The molecule has 0 amide bonds. The van der Waals surface area contributed by atoms with E-state index in [0.29, 0.717) is 18.4 Å². The van der Waals surface area contributed by atoms with E-state index in [-0.39, 0.29) is 0 Å². The van der Waals surface area contributed by atoms with E-state index >= 15 is 0 Å². The third-order valence-electron chi connectivity index (χ3n) is 4.77. The van der Waals surface area contributed by atoms with Gasteiger partial charge in [-0.2, -0.15) is 0 Å². The zero-order valence-corrected chi connectivity index (χ0v) is 16.5. The van der Waals surface area contributed by atoms with Crippen LogP contribution in [0.1, 0.15) is 43.4 Å². The van der Waals surface area contributed by atoms with E-state index in [2.05, 4.69) is 24.1 Å². The summed E-state index contributed by atoms with van der Waals surface area (Å²) in [6.07, 6.45) is 3.80. The van der Waals surface area contributed by atoms with Crippen LogP contribution in [-0.4, -0.2) is 16.7 Å². The molecule has 0 unspecified atom stereocenters. The first-order valence-corrected chi connectivity index (χ1v) is 9.78. The van der Waals surface area contributed by atoms with E-state index in [1.165, 1.54) is 0 Å². The average molecular weight is 374 g/mol. The largest absolute Gasteiger partial charge is 0.489 e. The van der Waals surface area contributed by atoms with Crippen LogP contribution < -0.4 is 10.1 Å². The van der Waals surface area contributed by atoms with Crippen molar-refractivity contribution in [1.29, 1.82) is 5.41 Å². The van der Waals surface area contributed by atoms with Crippen LogP contribution >= 0.6 is 0 Å². The van der Waals surface area contributed by atoms with Gasteiger partial charge in [0.05, 0.1) is 5.71 Å². The van der Waals surface area contributed by atoms with E-state index in [1.54, 1.807) is 6.20 Å². The van der Waals surface area contributed by atoms with Gasteiger partial charge in [0, 0.05) is 23.4 Å². The van der Waals surface area contributed by atoms with Crippen molar-refractivity contribution in [3.05, 3.63) is 89.6 Å². The second-order valence-electron chi connectivity index (χ2n) is 6.73. The Balaban J connectivity index is 1.78. The molecule has 3 aromatic rings. The van der Waals surface area contributed by atoms with Gasteiger partial charge in [0.1, 0.15) is 18.2 Å². The van der Waals surface area contributed by atoms with Crippen LogP contribution in [0.2, 0.25) is 0 Å². The maximum absolute atomic E-state index is 8.73. The Kier molecular flexibility index (Phi) is 6.79. The van der Waals surface area contributed by atoms with E-state index in [0.717, 1.165) is 41.1 Å². The number of benzene rings is 2. The molecule has 0 aliphatic heterocycles. The Morgan fingerprint density at radius 2 is 1.79 bits per heavy atom. The van der Waals surface area contributed by atoms with Crippen LogP contribution in [0, 0.1) is 5.41 Å². The molecular formula is C24H27N3O. The third kappa shape index (κ3) is 4.97. The van der Waals surface area contributed by atoms with E-state index < -0.39 is 0 Å². The first kappa shape index (κ1) is 19.6. The van der Waals surface area contributed by atoms with Crippen LogP contribution in [-0.2, 0) is 6.61 Å². The fraction of sp³-hybridized carbons (Fsp3) is 0.250. The fourth-order valence-electron chi connectivity index (χ4n) is 3.05. The summed E-state index contributed by atoms with van der Waals surface area (Å²) in [6.45, 7) is 4.82. The number of ether oxygens (including phenoxy) is 1. The lowest BCUT2D eigenvalue weighted by molar-refractivity contribution is 0.306. The van der Waals surface area contributed by atoms with Gasteiger partial charge in [-0.1, -0.05) is 56.3 Å². The molecule has 0 saturated carbocycles. The van der Waals surface area contributed by atoms with Crippen molar-refractivity contribution in [2.45, 2.75) is 39.3 Å². The Morgan fingerprint density at radius 3 is 2.54 bits per heavy atom. The minimum atomic E-state index is 0.349. The second kappa shape index (κ2) is 9.70. The van der Waals surface area contributed by atoms with E-state index in [1.807, 2.05) is 66.7 Å². The number of anilines is 1. The Labute approximate surface area is 167 Å². The Bertz CT molecular complexity index is 904. The highest BCUT2D eigenvalue weighted by atomic mass is 16.5. The lowest BCUT2D eigenvalue weighted by atomic mass is 10.0. The van der Waals surface area contributed by atoms with Gasteiger partial charge in [0.15, 0.2) is 0 Å². The van der Waals surface area contributed by atoms with Crippen molar-refractivity contribution in [2.24, 2.45) is 0 Å². The van der Waals surface area contributed by atoms with Crippen LogP contribution in [0.4, 0.5) is 5.82 Å². The zero-order chi connectivity index (χ0) is 19.8. The fourth-order valence-corrected chi connectivity index (χ4v) is 3.05. The summed E-state index contributed by atoms with van der Waals surface area (Å²) in [4.78, 5) is 4.48. The predicted molar refractivity (Wildman–Crippen MR) is 115 cm³/mol. The van der Waals surface area contributed by atoms with Crippen LogP contribution in [0.15, 0.2) is 72.9 Å². The summed E-state index contributed by atoms with van der Waals surface area (Å²) in [5.74, 6) is 1.52. The number of rotatable bonds is 9. The van der Waals surface area contributed by atoms with Crippen LogP contribution in [0.5, 0.6) is 5.75 Å². The first-order valence-electron chi connectivity index (χ1n) is 9.78. The van der Waals surface area contributed by atoms with E-state index in [9.17, 15) is 0 Å². The van der Waals surface area contributed by atoms with E-state index in [4.69, 9.17) is 10.1 Å². The number of aromatic nitrogens is 1. The number of nitrogens with zero attached hydrogens (tertiary/aromatic N) is 1. The average Bonchev–Trinajstić information content (AvgIpc) is 2.76. The minimum absolute atomic E-state index is 0.349. The predicted octanol–water partition coefficient (Wildman–Crippen LogP) is 5.68. The molecule has 3 rings (SSSR count). The smallest absolute Gasteiger partial charge is 0.135 e. The van der Waals surface area contributed by atoms with Crippen LogP contribution in [0.25, 0.3) is 0 Å². The van der Waals surface area contributed by atoms with Crippen molar-refractivity contribution in [3.8, 4) is 5.75 Å². The van der Waals surface area contributed by atoms with Crippen molar-refractivity contribution >= 4 is 11.5 Å². The zero-order valence-electron chi connectivity index (χ0n) is 16.5. The number of nitrogens with one attached hydrogen (secondary N) is 2. The molecule has 0 aliphatic rings. The van der Waals surface area contributed by atoms with Gasteiger partial charge in [0.25, 0.3) is 0 Å². The maximum atomic E-state index is 8.73. The molecule has 0 saturated heterocycles.